The Hall–Kier alpha value is -1.16. The fourth-order valence-electron chi connectivity index (χ4n) is 2.77. The van der Waals surface area contributed by atoms with Crippen LogP contribution in [-0.2, 0) is 4.79 Å². The molecule has 0 aromatic heterocycles. The first-order chi connectivity index (χ1) is 9.63. The first kappa shape index (κ1) is 16.2. The van der Waals surface area contributed by atoms with Gasteiger partial charge in [-0.15, -0.1) is 11.8 Å². The van der Waals surface area contributed by atoms with Crippen LogP contribution in [0.4, 0.5) is 0 Å². The number of fused-ring (bicyclic) bond motifs is 1. The first-order valence-electron chi connectivity index (χ1n) is 7.30. The van der Waals surface area contributed by atoms with E-state index < -0.39 is 0 Å². The van der Waals surface area contributed by atoms with Crippen molar-refractivity contribution < 1.29 is 14.3 Å². The molecule has 0 aliphatic carbocycles. The molecule has 0 amide bonds. The number of rotatable bonds is 3. The minimum Gasteiger partial charge on any atom is -0.486 e. The van der Waals surface area contributed by atoms with E-state index in [0.717, 1.165) is 16.9 Å². The summed E-state index contributed by atoms with van der Waals surface area (Å²) in [5.74, 6) is 1.31. The smallest absolute Gasteiger partial charge is 0.308 e. The number of esters is 1. The molecule has 0 radical (unpaired) electrons. The number of carbonyl (C=O) groups excluding carboxylic acids is 1. The maximum absolute atomic E-state index is 11.3. The van der Waals surface area contributed by atoms with Crippen molar-refractivity contribution in [2.75, 3.05) is 0 Å². The third-order valence-electron chi connectivity index (χ3n) is 3.64. The average molecular weight is 308 g/mol. The van der Waals surface area contributed by atoms with Gasteiger partial charge in [0.1, 0.15) is 17.1 Å². The van der Waals surface area contributed by atoms with Crippen LogP contribution in [0.1, 0.15) is 56.6 Å². The van der Waals surface area contributed by atoms with Crippen LogP contribution in [0.5, 0.6) is 11.5 Å². The number of thioether (sulfide) groups is 1. The molecule has 116 valence electrons. The van der Waals surface area contributed by atoms with E-state index in [1.807, 2.05) is 31.7 Å². The average Bonchev–Trinajstić information content (AvgIpc) is 2.58. The summed E-state index contributed by atoms with van der Waals surface area (Å²) >= 11 is 1.90. The van der Waals surface area contributed by atoms with Crippen LogP contribution >= 0.6 is 11.8 Å². The number of ether oxygens (including phenoxy) is 2. The zero-order valence-corrected chi connectivity index (χ0v) is 14.7. The molecule has 2 rings (SSSR count). The Morgan fingerprint density at radius 3 is 2.52 bits per heavy atom. The van der Waals surface area contributed by atoms with E-state index in [2.05, 4.69) is 27.7 Å². The molecule has 1 heterocycles. The van der Waals surface area contributed by atoms with Crippen molar-refractivity contribution in [3.8, 4) is 11.5 Å². The molecule has 1 unspecified atom stereocenters. The van der Waals surface area contributed by atoms with Gasteiger partial charge >= 0.3 is 5.97 Å². The minimum absolute atomic E-state index is 0.238. The summed E-state index contributed by atoms with van der Waals surface area (Å²) in [6.07, 6.45) is 0. The van der Waals surface area contributed by atoms with Crippen LogP contribution in [0, 0.1) is 13.8 Å². The SMILES string of the molecule is CC(=O)Oc1cc(C)c2c(c1C)C(SC(C)C)C(C)(C)O2. The van der Waals surface area contributed by atoms with E-state index in [-0.39, 0.29) is 16.8 Å². The summed E-state index contributed by atoms with van der Waals surface area (Å²) in [6.45, 7) is 14.1. The molecular weight excluding hydrogens is 284 g/mol. The molecule has 1 aliphatic heterocycles. The Kier molecular flexibility index (Phi) is 4.29. The number of benzene rings is 1. The quantitative estimate of drug-likeness (QED) is 0.604. The molecule has 0 spiro atoms. The van der Waals surface area contributed by atoms with Gasteiger partial charge in [0.2, 0.25) is 0 Å². The summed E-state index contributed by atoms with van der Waals surface area (Å²) in [4.78, 5) is 11.3. The molecule has 1 aliphatic rings. The minimum atomic E-state index is -0.288. The highest BCUT2D eigenvalue weighted by Gasteiger charge is 2.44. The largest absolute Gasteiger partial charge is 0.486 e. The first-order valence-corrected chi connectivity index (χ1v) is 8.24. The Balaban J connectivity index is 2.57. The zero-order valence-electron chi connectivity index (χ0n) is 13.9. The summed E-state index contributed by atoms with van der Waals surface area (Å²) in [7, 11) is 0. The Morgan fingerprint density at radius 1 is 1.38 bits per heavy atom. The predicted molar refractivity (Wildman–Crippen MR) is 87.4 cm³/mol. The maximum Gasteiger partial charge on any atom is 0.308 e. The van der Waals surface area contributed by atoms with Gasteiger partial charge in [0, 0.05) is 12.5 Å². The maximum atomic E-state index is 11.3. The molecule has 3 nitrogen and oxygen atoms in total. The van der Waals surface area contributed by atoms with Crippen LogP contribution < -0.4 is 9.47 Å². The van der Waals surface area contributed by atoms with Crippen molar-refractivity contribution in [2.24, 2.45) is 0 Å². The molecule has 0 saturated heterocycles. The Bertz CT molecular complexity index is 576. The number of hydrogen-bond acceptors (Lipinski definition) is 4. The summed E-state index contributed by atoms with van der Waals surface area (Å²) in [5, 5.41) is 0.739. The van der Waals surface area contributed by atoms with Crippen molar-refractivity contribution in [3.05, 3.63) is 22.8 Å². The van der Waals surface area contributed by atoms with Crippen LogP contribution in [0.2, 0.25) is 0 Å². The van der Waals surface area contributed by atoms with Crippen molar-refractivity contribution in [3.63, 3.8) is 0 Å². The van der Waals surface area contributed by atoms with E-state index in [1.54, 1.807) is 0 Å². The highest BCUT2D eigenvalue weighted by molar-refractivity contribution is 8.00. The predicted octanol–water partition coefficient (Wildman–Crippen LogP) is 4.58. The van der Waals surface area contributed by atoms with Gasteiger partial charge in [-0.3, -0.25) is 4.79 Å². The third kappa shape index (κ3) is 3.05. The van der Waals surface area contributed by atoms with Crippen molar-refractivity contribution in [1.82, 2.24) is 0 Å². The van der Waals surface area contributed by atoms with E-state index in [4.69, 9.17) is 9.47 Å². The van der Waals surface area contributed by atoms with Gasteiger partial charge in [0.25, 0.3) is 0 Å². The molecule has 4 heteroatoms. The lowest BCUT2D eigenvalue weighted by molar-refractivity contribution is -0.131. The molecule has 0 bridgehead atoms. The fourth-order valence-corrected chi connectivity index (χ4v) is 4.11. The molecule has 1 aromatic rings. The van der Waals surface area contributed by atoms with Crippen LogP contribution in [-0.4, -0.2) is 16.8 Å². The van der Waals surface area contributed by atoms with E-state index in [1.165, 1.54) is 12.5 Å². The van der Waals surface area contributed by atoms with Crippen LogP contribution in [0.25, 0.3) is 0 Å². The Labute approximate surface area is 131 Å². The molecule has 1 aromatic carbocycles. The number of aryl methyl sites for hydroxylation is 1. The topological polar surface area (TPSA) is 35.5 Å². The standard InChI is InChI=1S/C17H24O3S/c1-9(2)21-16-14-11(4)13(19-12(5)18)8-10(3)15(14)20-17(16,6)7/h8-9,16H,1-7H3. The lowest BCUT2D eigenvalue weighted by Crippen LogP contribution is -2.29. The van der Waals surface area contributed by atoms with Gasteiger partial charge in [-0.05, 0) is 50.1 Å². The summed E-state index contributed by atoms with van der Waals surface area (Å²) in [5.41, 5.74) is 2.94. The highest BCUT2D eigenvalue weighted by Crippen LogP contribution is 2.55. The summed E-state index contributed by atoms with van der Waals surface area (Å²) < 4.78 is 11.6. The molecule has 21 heavy (non-hydrogen) atoms. The van der Waals surface area contributed by atoms with Crippen LogP contribution in [0.15, 0.2) is 6.07 Å². The van der Waals surface area contributed by atoms with Gasteiger partial charge < -0.3 is 9.47 Å². The normalized spacial score (nSPS) is 19.3. The molecular formula is C17H24O3S. The Morgan fingerprint density at radius 2 is 2.00 bits per heavy atom. The van der Waals surface area contributed by atoms with Gasteiger partial charge in [0.05, 0.1) is 5.25 Å². The monoisotopic (exact) mass is 308 g/mol. The molecule has 0 saturated carbocycles. The van der Waals surface area contributed by atoms with E-state index >= 15 is 0 Å². The number of hydrogen-bond donors (Lipinski definition) is 0. The van der Waals surface area contributed by atoms with E-state index in [9.17, 15) is 4.79 Å². The molecule has 0 N–H and O–H groups in total. The fraction of sp³-hybridized carbons (Fsp3) is 0.588. The molecule has 1 atom stereocenters. The second-order valence-corrected chi connectivity index (χ2v) is 8.11. The lowest BCUT2D eigenvalue weighted by Gasteiger charge is -2.27. The van der Waals surface area contributed by atoms with Gasteiger partial charge in [-0.25, -0.2) is 0 Å². The summed E-state index contributed by atoms with van der Waals surface area (Å²) in [6, 6.07) is 1.90. The lowest BCUT2D eigenvalue weighted by atomic mass is 9.95. The second-order valence-electron chi connectivity index (χ2n) is 6.42. The zero-order chi connectivity index (χ0) is 15.9. The highest BCUT2D eigenvalue weighted by atomic mass is 32.2. The third-order valence-corrected chi connectivity index (χ3v) is 5.26. The van der Waals surface area contributed by atoms with Crippen molar-refractivity contribution >= 4 is 17.7 Å². The van der Waals surface area contributed by atoms with Gasteiger partial charge in [0.15, 0.2) is 0 Å². The van der Waals surface area contributed by atoms with Crippen molar-refractivity contribution in [2.45, 2.75) is 64.6 Å². The van der Waals surface area contributed by atoms with Gasteiger partial charge in [-0.2, -0.15) is 0 Å². The number of carbonyl (C=O) groups is 1. The van der Waals surface area contributed by atoms with Crippen LogP contribution in [0.3, 0.4) is 0 Å². The van der Waals surface area contributed by atoms with E-state index in [0.29, 0.717) is 11.0 Å². The molecule has 0 fully saturated rings. The van der Waals surface area contributed by atoms with Crippen molar-refractivity contribution in [1.29, 1.82) is 0 Å². The van der Waals surface area contributed by atoms with Gasteiger partial charge in [-0.1, -0.05) is 13.8 Å². The second kappa shape index (κ2) is 5.56.